The maximum Gasteiger partial charge on any atom is 0.0669 e. The third-order valence-electron chi connectivity index (χ3n) is 3.60. The molecule has 102 valence electrons. The van der Waals surface area contributed by atoms with Gasteiger partial charge in [0.05, 0.1) is 12.5 Å². The van der Waals surface area contributed by atoms with E-state index in [4.69, 9.17) is 5.26 Å². The summed E-state index contributed by atoms with van der Waals surface area (Å²) in [6.45, 7) is 0.791. The van der Waals surface area contributed by atoms with Gasteiger partial charge in [0.2, 0.25) is 0 Å². The fourth-order valence-electron chi connectivity index (χ4n) is 2.48. The van der Waals surface area contributed by atoms with Gasteiger partial charge in [-0.15, -0.1) is 0 Å². The number of nitriles is 1. The first kappa shape index (κ1) is 13.2. The van der Waals surface area contributed by atoms with Gasteiger partial charge in [-0.05, 0) is 34.0 Å². The Morgan fingerprint density at radius 3 is 2.43 bits per heavy atom. The zero-order valence-electron chi connectivity index (χ0n) is 11.7. The van der Waals surface area contributed by atoms with Crippen molar-refractivity contribution in [3.8, 4) is 6.07 Å². The number of rotatable bonds is 4. The van der Waals surface area contributed by atoms with Crippen molar-refractivity contribution in [1.29, 1.82) is 5.26 Å². The van der Waals surface area contributed by atoms with Crippen molar-refractivity contribution in [3.63, 3.8) is 0 Å². The van der Waals surface area contributed by atoms with E-state index in [2.05, 4.69) is 53.9 Å². The maximum atomic E-state index is 8.68. The molecule has 0 saturated heterocycles. The Labute approximate surface area is 124 Å². The van der Waals surface area contributed by atoms with Gasteiger partial charge in [0.1, 0.15) is 0 Å². The molecule has 2 nitrogen and oxygen atoms in total. The lowest BCUT2D eigenvalue weighted by Crippen LogP contribution is -2.00. The summed E-state index contributed by atoms with van der Waals surface area (Å²) in [5.41, 5.74) is 3.41. The molecule has 0 bridgehead atoms. The van der Waals surface area contributed by atoms with Gasteiger partial charge in [-0.1, -0.05) is 54.6 Å². The summed E-state index contributed by atoms with van der Waals surface area (Å²) in [6.07, 6.45) is 0.462. The summed E-state index contributed by atoms with van der Waals surface area (Å²) in [6, 6.07) is 25.0. The first-order chi connectivity index (χ1) is 10.4. The smallest absolute Gasteiger partial charge is 0.0669 e. The predicted molar refractivity (Wildman–Crippen MR) is 87.0 cm³/mol. The summed E-state index contributed by atoms with van der Waals surface area (Å²) in [5, 5.41) is 14.7. The molecule has 3 aromatic carbocycles. The molecule has 0 aliphatic heterocycles. The van der Waals surface area contributed by atoms with Crippen molar-refractivity contribution < 1.29 is 0 Å². The molecule has 21 heavy (non-hydrogen) atoms. The normalized spacial score (nSPS) is 10.2. The Kier molecular flexibility index (Phi) is 3.84. The lowest BCUT2D eigenvalue weighted by Gasteiger charge is -2.10. The van der Waals surface area contributed by atoms with Gasteiger partial charge >= 0.3 is 0 Å². The van der Waals surface area contributed by atoms with Crippen molar-refractivity contribution in [1.82, 2.24) is 0 Å². The second-order valence-corrected chi connectivity index (χ2v) is 5.02. The van der Waals surface area contributed by atoms with Crippen LogP contribution in [0.15, 0.2) is 66.7 Å². The highest BCUT2D eigenvalue weighted by Crippen LogP contribution is 2.20. The van der Waals surface area contributed by atoms with Gasteiger partial charge in [0, 0.05) is 12.2 Å². The van der Waals surface area contributed by atoms with Gasteiger partial charge in [0.25, 0.3) is 0 Å². The molecule has 0 aliphatic rings. The zero-order chi connectivity index (χ0) is 14.5. The van der Waals surface area contributed by atoms with E-state index in [0.29, 0.717) is 6.42 Å². The molecule has 0 fully saturated rings. The minimum atomic E-state index is 0.462. The Balaban J connectivity index is 1.76. The van der Waals surface area contributed by atoms with Crippen LogP contribution in [-0.2, 0) is 13.0 Å². The van der Waals surface area contributed by atoms with E-state index < -0.39 is 0 Å². The van der Waals surface area contributed by atoms with Gasteiger partial charge in [-0.3, -0.25) is 0 Å². The molecule has 3 aromatic rings. The third-order valence-corrected chi connectivity index (χ3v) is 3.60. The third kappa shape index (κ3) is 3.04. The number of anilines is 1. The molecule has 0 unspecified atom stereocenters. The molecule has 0 amide bonds. The average Bonchev–Trinajstić information content (AvgIpc) is 2.54. The molecule has 0 aliphatic carbocycles. The molecular formula is C19H16N2. The van der Waals surface area contributed by atoms with Crippen molar-refractivity contribution in [2.24, 2.45) is 0 Å². The molecule has 0 atom stereocenters. The van der Waals surface area contributed by atoms with E-state index in [0.717, 1.165) is 17.8 Å². The highest BCUT2D eigenvalue weighted by Gasteiger charge is 2.00. The van der Waals surface area contributed by atoms with E-state index >= 15 is 0 Å². The van der Waals surface area contributed by atoms with Crippen LogP contribution in [0.2, 0.25) is 0 Å². The standard InChI is InChI=1S/C19H16N2/c20-13-12-15-8-10-18(11-9-15)21-14-17-6-3-5-16-4-1-2-7-19(16)17/h1-11,21H,12,14H2. The Bertz CT molecular complexity index is 777. The minimum absolute atomic E-state index is 0.462. The summed E-state index contributed by atoms with van der Waals surface area (Å²) in [7, 11) is 0. The van der Waals surface area contributed by atoms with Gasteiger partial charge in [0.15, 0.2) is 0 Å². The Morgan fingerprint density at radius 1 is 0.857 bits per heavy atom. The van der Waals surface area contributed by atoms with Crippen molar-refractivity contribution >= 4 is 16.5 Å². The van der Waals surface area contributed by atoms with E-state index in [1.807, 2.05) is 24.3 Å². The van der Waals surface area contributed by atoms with Crippen LogP contribution >= 0.6 is 0 Å². The summed E-state index contributed by atoms with van der Waals surface area (Å²) >= 11 is 0. The molecule has 0 heterocycles. The minimum Gasteiger partial charge on any atom is -0.381 e. The summed E-state index contributed by atoms with van der Waals surface area (Å²) < 4.78 is 0. The SMILES string of the molecule is N#CCc1ccc(NCc2cccc3ccccc23)cc1. The topological polar surface area (TPSA) is 35.8 Å². The van der Waals surface area contributed by atoms with E-state index in [1.165, 1.54) is 16.3 Å². The largest absolute Gasteiger partial charge is 0.381 e. The Morgan fingerprint density at radius 2 is 1.62 bits per heavy atom. The fraction of sp³-hybridized carbons (Fsp3) is 0.105. The summed E-state index contributed by atoms with van der Waals surface area (Å²) in [4.78, 5) is 0. The van der Waals surface area contributed by atoms with Crippen LogP contribution in [0, 0.1) is 11.3 Å². The molecule has 0 saturated carbocycles. The van der Waals surface area contributed by atoms with Crippen LogP contribution in [0.3, 0.4) is 0 Å². The van der Waals surface area contributed by atoms with Crippen molar-refractivity contribution in [2.45, 2.75) is 13.0 Å². The van der Waals surface area contributed by atoms with E-state index in [1.54, 1.807) is 0 Å². The first-order valence-electron chi connectivity index (χ1n) is 7.03. The Hall–Kier alpha value is -2.79. The number of fused-ring (bicyclic) bond motifs is 1. The first-order valence-corrected chi connectivity index (χ1v) is 7.03. The van der Waals surface area contributed by atoms with Crippen LogP contribution in [0.25, 0.3) is 10.8 Å². The van der Waals surface area contributed by atoms with E-state index in [9.17, 15) is 0 Å². The lowest BCUT2D eigenvalue weighted by atomic mass is 10.0. The molecule has 0 spiro atoms. The molecule has 0 aromatic heterocycles. The van der Waals surface area contributed by atoms with Crippen LogP contribution in [-0.4, -0.2) is 0 Å². The predicted octanol–water partition coefficient (Wildman–Crippen LogP) is 4.52. The average molecular weight is 272 g/mol. The highest BCUT2D eigenvalue weighted by atomic mass is 14.9. The highest BCUT2D eigenvalue weighted by molar-refractivity contribution is 5.85. The lowest BCUT2D eigenvalue weighted by molar-refractivity contribution is 1.16. The van der Waals surface area contributed by atoms with Crippen LogP contribution in [0.1, 0.15) is 11.1 Å². The molecule has 2 heteroatoms. The van der Waals surface area contributed by atoms with Crippen molar-refractivity contribution in [3.05, 3.63) is 77.9 Å². The van der Waals surface area contributed by atoms with E-state index in [-0.39, 0.29) is 0 Å². The zero-order valence-corrected chi connectivity index (χ0v) is 11.7. The van der Waals surface area contributed by atoms with Gasteiger partial charge < -0.3 is 5.32 Å². The van der Waals surface area contributed by atoms with Gasteiger partial charge in [-0.2, -0.15) is 5.26 Å². The van der Waals surface area contributed by atoms with Gasteiger partial charge in [-0.25, -0.2) is 0 Å². The summed E-state index contributed by atoms with van der Waals surface area (Å²) in [5.74, 6) is 0. The number of nitrogens with one attached hydrogen (secondary N) is 1. The molecule has 3 rings (SSSR count). The monoisotopic (exact) mass is 272 g/mol. The number of nitrogens with zero attached hydrogens (tertiary/aromatic N) is 1. The number of benzene rings is 3. The molecule has 1 N–H and O–H groups in total. The fourth-order valence-corrected chi connectivity index (χ4v) is 2.48. The quantitative estimate of drug-likeness (QED) is 0.758. The maximum absolute atomic E-state index is 8.68. The number of hydrogen-bond acceptors (Lipinski definition) is 2. The number of hydrogen-bond donors (Lipinski definition) is 1. The van der Waals surface area contributed by atoms with Crippen LogP contribution < -0.4 is 5.32 Å². The molecular weight excluding hydrogens is 256 g/mol. The van der Waals surface area contributed by atoms with Crippen molar-refractivity contribution in [2.75, 3.05) is 5.32 Å². The molecule has 0 radical (unpaired) electrons. The second-order valence-electron chi connectivity index (χ2n) is 5.02. The second kappa shape index (κ2) is 6.11. The van der Waals surface area contributed by atoms with Crippen LogP contribution in [0.5, 0.6) is 0 Å². The van der Waals surface area contributed by atoms with Crippen LogP contribution in [0.4, 0.5) is 5.69 Å².